The van der Waals surface area contributed by atoms with Crippen LogP contribution in [0.25, 0.3) is 0 Å². The van der Waals surface area contributed by atoms with E-state index >= 15 is 0 Å². The molecule has 0 bridgehead atoms. The van der Waals surface area contributed by atoms with Crippen molar-refractivity contribution >= 4 is 29.7 Å². The van der Waals surface area contributed by atoms with Crippen LogP contribution in [0.4, 0.5) is 4.39 Å². The van der Waals surface area contributed by atoms with Crippen LogP contribution in [-0.4, -0.2) is 15.9 Å². The quantitative estimate of drug-likeness (QED) is 0.359. The van der Waals surface area contributed by atoms with E-state index in [1.807, 2.05) is 30.3 Å². The molecule has 1 N–H and O–H groups in total. The molecule has 2 aromatic carbocycles. The van der Waals surface area contributed by atoms with Gasteiger partial charge >= 0.3 is 0 Å². The molecule has 1 unspecified atom stereocenters. The number of aryl methyl sites for hydroxylation is 1. The minimum Gasteiger partial charge on any atom is -0.485 e. The number of nitrogens with one attached hydrogen (secondary N) is 1. The lowest BCUT2D eigenvalue weighted by Crippen LogP contribution is -2.21. The summed E-state index contributed by atoms with van der Waals surface area (Å²) >= 11 is 1.18. The Labute approximate surface area is 206 Å². The van der Waals surface area contributed by atoms with E-state index in [0.717, 1.165) is 35.3 Å². The molecule has 34 heavy (non-hydrogen) atoms. The molecule has 2 aromatic heterocycles. The van der Waals surface area contributed by atoms with Gasteiger partial charge in [-0.15, -0.1) is 12.4 Å². The van der Waals surface area contributed by atoms with Gasteiger partial charge in [-0.3, -0.25) is 9.78 Å². The molecule has 3 heterocycles. The predicted molar refractivity (Wildman–Crippen MR) is 129 cm³/mol. The second-order valence-electron chi connectivity index (χ2n) is 7.60. The zero-order valence-electron chi connectivity index (χ0n) is 17.9. The van der Waals surface area contributed by atoms with Crippen molar-refractivity contribution in [3.8, 4) is 16.7 Å². The first-order valence-corrected chi connectivity index (χ1v) is 11.3. The van der Waals surface area contributed by atoms with Gasteiger partial charge in [0.2, 0.25) is 0 Å². The largest absolute Gasteiger partial charge is 0.485 e. The summed E-state index contributed by atoms with van der Waals surface area (Å²) in [6, 6.07) is 15.8. The zero-order chi connectivity index (χ0) is 22.6. The Morgan fingerprint density at radius 3 is 2.85 bits per heavy atom. The summed E-state index contributed by atoms with van der Waals surface area (Å²) in [4.78, 5) is 21.0. The lowest BCUT2D eigenvalue weighted by atomic mass is 9.97. The number of nitrogens with zero attached hydrogens (tertiary/aromatic N) is 2. The summed E-state index contributed by atoms with van der Waals surface area (Å²) in [7, 11) is 0. The van der Waals surface area contributed by atoms with Crippen LogP contribution in [0.15, 0.2) is 73.2 Å². The normalized spacial score (nSPS) is 14.3. The third-order valence-electron chi connectivity index (χ3n) is 5.31. The lowest BCUT2D eigenvalue weighted by Gasteiger charge is -2.26. The Bertz CT molecular complexity index is 1290. The molecule has 0 saturated heterocycles. The summed E-state index contributed by atoms with van der Waals surface area (Å²) < 4.78 is 25.5. The average Bonchev–Trinajstić information content (AvgIpc) is 3.31. The summed E-state index contributed by atoms with van der Waals surface area (Å²) in [5.74, 6) is 0.915. The van der Waals surface area contributed by atoms with Gasteiger partial charge in [0.05, 0.1) is 6.20 Å². The number of thiazole rings is 1. The van der Waals surface area contributed by atoms with Gasteiger partial charge in [0.1, 0.15) is 28.3 Å². The lowest BCUT2D eigenvalue weighted by molar-refractivity contribution is 0.0954. The Morgan fingerprint density at radius 1 is 1.18 bits per heavy atom. The molecule has 0 radical (unpaired) electrons. The first-order valence-electron chi connectivity index (χ1n) is 10.5. The average molecular weight is 498 g/mol. The summed E-state index contributed by atoms with van der Waals surface area (Å²) in [5, 5.41) is 3.25. The molecular weight excluding hydrogens is 477 g/mol. The van der Waals surface area contributed by atoms with Crippen molar-refractivity contribution in [3.63, 3.8) is 0 Å². The van der Waals surface area contributed by atoms with Gasteiger partial charge in [-0.05, 0) is 72.0 Å². The van der Waals surface area contributed by atoms with Crippen LogP contribution in [0.5, 0.6) is 16.7 Å². The maximum atomic E-state index is 13.5. The number of rotatable bonds is 6. The highest BCUT2D eigenvalue weighted by Gasteiger charge is 2.22. The van der Waals surface area contributed by atoms with Gasteiger partial charge in [0.15, 0.2) is 0 Å². The highest BCUT2D eigenvalue weighted by Crippen LogP contribution is 2.38. The number of amides is 1. The highest BCUT2D eigenvalue weighted by atomic mass is 35.5. The van der Waals surface area contributed by atoms with E-state index in [4.69, 9.17) is 9.47 Å². The van der Waals surface area contributed by atoms with Gasteiger partial charge < -0.3 is 14.8 Å². The summed E-state index contributed by atoms with van der Waals surface area (Å²) in [5.41, 5.74) is 2.82. The number of pyridine rings is 1. The Balaban J connectivity index is 0.00000274. The van der Waals surface area contributed by atoms with E-state index in [-0.39, 0.29) is 30.2 Å². The van der Waals surface area contributed by atoms with Gasteiger partial charge in [-0.2, -0.15) is 0 Å². The fraction of sp³-hybridized carbons (Fsp3) is 0.160. The molecule has 1 amide bonds. The van der Waals surface area contributed by atoms with Crippen molar-refractivity contribution in [2.24, 2.45) is 0 Å². The number of hydrogen-bond acceptors (Lipinski definition) is 6. The smallest absolute Gasteiger partial charge is 0.279 e. The number of halogens is 2. The SMILES string of the molecule is Cl.O=C(NCc1ccncc1)c1cnc(Oc2ccc3c(c2)CCC(c2cccc(F)c2)O3)s1. The highest BCUT2D eigenvalue weighted by molar-refractivity contribution is 7.15. The van der Waals surface area contributed by atoms with Crippen LogP contribution in [0.3, 0.4) is 0 Å². The molecule has 1 aliphatic rings. The molecule has 174 valence electrons. The van der Waals surface area contributed by atoms with Crippen LogP contribution < -0.4 is 14.8 Å². The monoisotopic (exact) mass is 497 g/mol. The fourth-order valence-corrected chi connectivity index (χ4v) is 4.35. The van der Waals surface area contributed by atoms with Crippen LogP contribution in [-0.2, 0) is 13.0 Å². The van der Waals surface area contributed by atoms with E-state index in [0.29, 0.717) is 22.4 Å². The third-order valence-corrected chi connectivity index (χ3v) is 6.19. The van der Waals surface area contributed by atoms with Crippen molar-refractivity contribution in [1.29, 1.82) is 0 Å². The molecule has 4 aromatic rings. The first kappa shape index (κ1) is 23.7. The molecule has 0 saturated carbocycles. The van der Waals surface area contributed by atoms with Crippen LogP contribution >= 0.6 is 23.7 Å². The fourth-order valence-electron chi connectivity index (χ4n) is 3.65. The molecule has 0 fully saturated rings. The molecule has 0 spiro atoms. The van der Waals surface area contributed by atoms with Gasteiger partial charge in [-0.25, -0.2) is 9.37 Å². The topological polar surface area (TPSA) is 73.3 Å². The second-order valence-corrected chi connectivity index (χ2v) is 8.59. The molecule has 5 rings (SSSR count). The summed E-state index contributed by atoms with van der Waals surface area (Å²) in [6.07, 6.45) is 6.24. The van der Waals surface area contributed by atoms with Crippen molar-refractivity contribution in [1.82, 2.24) is 15.3 Å². The zero-order valence-corrected chi connectivity index (χ0v) is 19.6. The van der Waals surface area contributed by atoms with E-state index in [1.54, 1.807) is 24.5 Å². The van der Waals surface area contributed by atoms with Crippen molar-refractivity contribution in [2.75, 3.05) is 0 Å². The number of carbonyl (C=O) groups is 1. The van der Waals surface area contributed by atoms with E-state index < -0.39 is 0 Å². The molecular formula is C25H21ClFN3O3S. The van der Waals surface area contributed by atoms with Crippen molar-refractivity contribution in [3.05, 3.63) is 101 Å². The third kappa shape index (κ3) is 5.52. The molecule has 6 nitrogen and oxygen atoms in total. The number of aromatic nitrogens is 2. The number of carbonyl (C=O) groups excluding carboxylic acids is 1. The van der Waals surface area contributed by atoms with Crippen LogP contribution in [0.2, 0.25) is 0 Å². The number of ether oxygens (including phenoxy) is 2. The molecule has 1 atom stereocenters. The minimum atomic E-state index is -0.264. The van der Waals surface area contributed by atoms with Crippen molar-refractivity contribution in [2.45, 2.75) is 25.5 Å². The number of hydrogen-bond donors (Lipinski definition) is 1. The van der Waals surface area contributed by atoms with E-state index in [9.17, 15) is 9.18 Å². The number of fused-ring (bicyclic) bond motifs is 1. The van der Waals surface area contributed by atoms with Crippen molar-refractivity contribution < 1.29 is 18.7 Å². The Morgan fingerprint density at radius 2 is 2.03 bits per heavy atom. The number of benzene rings is 2. The molecule has 1 aliphatic heterocycles. The first-order chi connectivity index (χ1) is 16.1. The predicted octanol–water partition coefficient (Wildman–Crippen LogP) is 5.89. The van der Waals surface area contributed by atoms with Crippen LogP contribution in [0.1, 0.15) is 38.9 Å². The Kier molecular flexibility index (Phi) is 7.40. The van der Waals surface area contributed by atoms with Crippen LogP contribution in [0, 0.1) is 5.82 Å². The second kappa shape index (κ2) is 10.6. The minimum absolute atomic E-state index is 0. The summed E-state index contributed by atoms with van der Waals surface area (Å²) in [6.45, 7) is 0.414. The molecule has 9 heteroatoms. The Hall–Kier alpha value is -3.49. The maximum Gasteiger partial charge on any atom is 0.279 e. The van der Waals surface area contributed by atoms with E-state index in [1.165, 1.54) is 29.7 Å². The maximum absolute atomic E-state index is 13.5. The van der Waals surface area contributed by atoms with Gasteiger partial charge in [-0.1, -0.05) is 23.5 Å². The van der Waals surface area contributed by atoms with Gasteiger partial charge in [0.25, 0.3) is 11.1 Å². The molecule has 0 aliphatic carbocycles. The van der Waals surface area contributed by atoms with Gasteiger partial charge in [0, 0.05) is 18.9 Å². The standard InChI is InChI=1S/C25H20FN3O3S.ClH/c26-19-3-1-2-17(12-19)21-6-4-18-13-20(5-7-22(18)32-21)31-25-29-15-23(33-25)24(30)28-14-16-8-10-27-11-9-16;/h1-3,5,7-13,15,21H,4,6,14H2,(H,28,30);1H. The van der Waals surface area contributed by atoms with E-state index in [2.05, 4.69) is 15.3 Å².